The van der Waals surface area contributed by atoms with Crippen LogP contribution in [0.1, 0.15) is 29.3 Å². The molecule has 0 saturated carbocycles. The summed E-state index contributed by atoms with van der Waals surface area (Å²) in [5.74, 6) is 1.00. The van der Waals surface area contributed by atoms with Gasteiger partial charge in [-0.3, -0.25) is 4.79 Å². The quantitative estimate of drug-likeness (QED) is 0.822. The second kappa shape index (κ2) is 6.50. The summed E-state index contributed by atoms with van der Waals surface area (Å²) >= 11 is 5.63. The molecule has 0 aliphatic rings. The molecular formula is C13H18ClNO2. The largest absolute Gasteiger partial charge is 0.496 e. The molecule has 1 atom stereocenters. The Hall–Kier alpha value is -1.22. The number of ether oxygens (including phenoxy) is 1. The number of rotatable bonds is 5. The van der Waals surface area contributed by atoms with E-state index in [1.165, 1.54) is 0 Å². The maximum atomic E-state index is 12.0. The van der Waals surface area contributed by atoms with Crippen LogP contribution in [0.5, 0.6) is 5.75 Å². The van der Waals surface area contributed by atoms with E-state index < -0.39 is 0 Å². The van der Waals surface area contributed by atoms with Crippen molar-refractivity contribution in [1.82, 2.24) is 5.32 Å². The maximum absolute atomic E-state index is 12.0. The van der Waals surface area contributed by atoms with Gasteiger partial charge in [-0.1, -0.05) is 11.6 Å². The van der Waals surface area contributed by atoms with Crippen LogP contribution in [0.25, 0.3) is 0 Å². The van der Waals surface area contributed by atoms with E-state index in [0.29, 0.717) is 17.2 Å². The lowest BCUT2D eigenvalue weighted by molar-refractivity contribution is 0.0936. The van der Waals surface area contributed by atoms with Crippen molar-refractivity contribution in [1.29, 1.82) is 0 Å². The molecule has 0 radical (unpaired) electrons. The molecule has 4 heteroatoms. The SMILES string of the molecule is COc1ccc(C)cc1C(=O)NC(C)CCCl. The third-order valence-corrected chi connectivity index (χ3v) is 2.74. The highest BCUT2D eigenvalue weighted by atomic mass is 35.5. The van der Waals surface area contributed by atoms with Gasteiger partial charge in [0.15, 0.2) is 0 Å². The molecule has 17 heavy (non-hydrogen) atoms. The van der Waals surface area contributed by atoms with Crippen molar-refractivity contribution in [3.05, 3.63) is 29.3 Å². The highest BCUT2D eigenvalue weighted by molar-refractivity contribution is 6.17. The molecule has 0 heterocycles. The minimum absolute atomic E-state index is 0.0604. The number of amides is 1. The van der Waals surface area contributed by atoms with E-state index in [-0.39, 0.29) is 11.9 Å². The number of methoxy groups -OCH3 is 1. The van der Waals surface area contributed by atoms with E-state index in [1.54, 1.807) is 13.2 Å². The molecule has 0 aliphatic heterocycles. The zero-order chi connectivity index (χ0) is 12.8. The van der Waals surface area contributed by atoms with Gasteiger partial charge in [0.25, 0.3) is 5.91 Å². The number of alkyl halides is 1. The molecule has 0 bridgehead atoms. The summed E-state index contributed by atoms with van der Waals surface area (Å²) in [6, 6.07) is 5.60. The van der Waals surface area contributed by atoms with Crippen LogP contribution >= 0.6 is 11.6 Å². The Morgan fingerprint density at radius 2 is 2.24 bits per heavy atom. The van der Waals surface area contributed by atoms with Crippen LogP contribution < -0.4 is 10.1 Å². The van der Waals surface area contributed by atoms with E-state index in [0.717, 1.165) is 12.0 Å². The van der Waals surface area contributed by atoms with E-state index in [4.69, 9.17) is 16.3 Å². The lowest BCUT2D eigenvalue weighted by Gasteiger charge is -2.14. The number of halogens is 1. The van der Waals surface area contributed by atoms with Crippen molar-refractivity contribution in [2.45, 2.75) is 26.3 Å². The molecule has 0 fully saturated rings. The number of benzene rings is 1. The minimum Gasteiger partial charge on any atom is -0.496 e. The lowest BCUT2D eigenvalue weighted by atomic mass is 10.1. The fourth-order valence-corrected chi connectivity index (χ4v) is 1.86. The van der Waals surface area contributed by atoms with Gasteiger partial charge in [-0.25, -0.2) is 0 Å². The van der Waals surface area contributed by atoms with E-state index in [2.05, 4.69) is 5.32 Å². The summed E-state index contributed by atoms with van der Waals surface area (Å²) < 4.78 is 5.18. The Bertz CT molecular complexity index is 393. The van der Waals surface area contributed by atoms with E-state index in [1.807, 2.05) is 26.0 Å². The van der Waals surface area contributed by atoms with Gasteiger partial charge in [-0.15, -0.1) is 11.6 Å². The normalized spacial score (nSPS) is 12.0. The first-order valence-corrected chi connectivity index (χ1v) is 6.13. The number of aryl methyl sites for hydroxylation is 1. The molecule has 0 spiro atoms. The number of carbonyl (C=O) groups excluding carboxylic acids is 1. The standard InChI is InChI=1S/C13H18ClNO2/c1-9-4-5-12(17-3)11(8-9)13(16)15-10(2)6-7-14/h4-5,8,10H,6-7H2,1-3H3,(H,15,16). The van der Waals surface area contributed by atoms with E-state index >= 15 is 0 Å². The molecule has 1 aromatic carbocycles. The summed E-state index contributed by atoms with van der Waals surface area (Å²) in [4.78, 5) is 12.0. The molecule has 1 unspecified atom stereocenters. The Balaban J connectivity index is 2.83. The topological polar surface area (TPSA) is 38.3 Å². The smallest absolute Gasteiger partial charge is 0.255 e. The van der Waals surface area contributed by atoms with Gasteiger partial charge >= 0.3 is 0 Å². The third-order valence-electron chi connectivity index (χ3n) is 2.52. The number of nitrogens with one attached hydrogen (secondary N) is 1. The summed E-state index contributed by atoms with van der Waals surface area (Å²) in [5, 5.41) is 2.90. The Morgan fingerprint density at radius 3 is 2.82 bits per heavy atom. The Kier molecular flexibility index (Phi) is 5.29. The Labute approximate surface area is 107 Å². The van der Waals surface area contributed by atoms with Gasteiger partial charge in [-0.05, 0) is 32.4 Å². The van der Waals surface area contributed by atoms with Gasteiger partial charge in [0.2, 0.25) is 0 Å². The maximum Gasteiger partial charge on any atom is 0.255 e. The van der Waals surface area contributed by atoms with Crippen LogP contribution in [0.2, 0.25) is 0 Å². The summed E-state index contributed by atoms with van der Waals surface area (Å²) in [7, 11) is 1.56. The predicted octanol–water partition coefficient (Wildman–Crippen LogP) is 2.75. The van der Waals surface area contributed by atoms with Crippen molar-refractivity contribution in [2.24, 2.45) is 0 Å². The van der Waals surface area contributed by atoms with Crippen molar-refractivity contribution < 1.29 is 9.53 Å². The number of carbonyl (C=O) groups is 1. The highest BCUT2D eigenvalue weighted by Crippen LogP contribution is 2.19. The van der Waals surface area contributed by atoms with Crippen molar-refractivity contribution in [3.63, 3.8) is 0 Å². The van der Waals surface area contributed by atoms with Crippen molar-refractivity contribution in [3.8, 4) is 5.75 Å². The van der Waals surface area contributed by atoms with E-state index in [9.17, 15) is 4.79 Å². The van der Waals surface area contributed by atoms with Gasteiger partial charge < -0.3 is 10.1 Å². The van der Waals surface area contributed by atoms with Gasteiger partial charge in [0.1, 0.15) is 5.75 Å². The molecule has 3 nitrogen and oxygen atoms in total. The summed E-state index contributed by atoms with van der Waals surface area (Å²) in [6.45, 7) is 3.88. The van der Waals surface area contributed by atoms with Crippen LogP contribution in [0.15, 0.2) is 18.2 Å². The first-order chi connectivity index (χ1) is 8.08. The molecule has 1 amide bonds. The van der Waals surface area contributed by atoms with Crippen molar-refractivity contribution in [2.75, 3.05) is 13.0 Å². The average Bonchev–Trinajstić information content (AvgIpc) is 2.29. The van der Waals surface area contributed by atoms with Crippen LogP contribution in [0, 0.1) is 6.92 Å². The second-order valence-electron chi connectivity index (χ2n) is 4.06. The second-order valence-corrected chi connectivity index (χ2v) is 4.43. The van der Waals surface area contributed by atoms with Crippen LogP contribution in [-0.2, 0) is 0 Å². The molecule has 0 saturated heterocycles. The summed E-state index contributed by atoms with van der Waals surface area (Å²) in [6.07, 6.45) is 0.751. The minimum atomic E-state index is -0.122. The third kappa shape index (κ3) is 3.93. The average molecular weight is 256 g/mol. The Morgan fingerprint density at radius 1 is 1.53 bits per heavy atom. The van der Waals surface area contributed by atoms with Gasteiger partial charge in [0.05, 0.1) is 12.7 Å². The fourth-order valence-electron chi connectivity index (χ4n) is 1.54. The zero-order valence-corrected chi connectivity index (χ0v) is 11.2. The highest BCUT2D eigenvalue weighted by Gasteiger charge is 2.14. The predicted molar refractivity (Wildman–Crippen MR) is 70.0 cm³/mol. The molecule has 1 aromatic rings. The number of hydrogen-bond acceptors (Lipinski definition) is 2. The van der Waals surface area contributed by atoms with Gasteiger partial charge in [-0.2, -0.15) is 0 Å². The number of hydrogen-bond donors (Lipinski definition) is 1. The lowest BCUT2D eigenvalue weighted by Crippen LogP contribution is -2.33. The molecule has 0 aromatic heterocycles. The first-order valence-electron chi connectivity index (χ1n) is 5.60. The monoisotopic (exact) mass is 255 g/mol. The van der Waals surface area contributed by atoms with Crippen LogP contribution in [-0.4, -0.2) is 24.9 Å². The first kappa shape index (κ1) is 13.8. The summed E-state index contributed by atoms with van der Waals surface area (Å²) in [5.41, 5.74) is 1.59. The molecule has 1 rings (SSSR count). The zero-order valence-electron chi connectivity index (χ0n) is 10.4. The molecule has 94 valence electrons. The molecular weight excluding hydrogens is 238 g/mol. The molecule has 1 N–H and O–H groups in total. The van der Waals surface area contributed by atoms with Crippen LogP contribution in [0.3, 0.4) is 0 Å². The van der Waals surface area contributed by atoms with Gasteiger partial charge in [0, 0.05) is 11.9 Å². The van der Waals surface area contributed by atoms with Crippen molar-refractivity contribution >= 4 is 17.5 Å². The van der Waals surface area contributed by atoms with Crippen LogP contribution in [0.4, 0.5) is 0 Å². The fraction of sp³-hybridized carbons (Fsp3) is 0.462. The molecule has 0 aliphatic carbocycles.